The summed E-state index contributed by atoms with van der Waals surface area (Å²) in [7, 11) is 1.44. The summed E-state index contributed by atoms with van der Waals surface area (Å²) >= 11 is 0. The van der Waals surface area contributed by atoms with Crippen molar-refractivity contribution in [1.82, 2.24) is 5.32 Å². The molecule has 0 aliphatic carbocycles. The Labute approximate surface area is 128 Å². The first-order valence-electron chi connectivity index (χ1n) is 8.15. The minimum atomic E-state index is -0.616. The van der Waals surface area contributed by atoms with Gasteiger partial charge in [0, 0.05) is 13.2 Å². The van der Waals surface area contributed by atoms with Gasteiger partial charge in [-0.2, -0.15) is 0 Å². The minimum Gasteiger partial charge on any atom is -0.468 e. The highest BCUT2D eigenvalue weighted by Crippen LogP contribution is 2.16. The third-order valence-electron chi connectivity index (χ3n) is 3.94. The van der Waals surface area contributed by atoms with Gasteiger partial charge in [-0.1, -0.05) is 6.92 Å². The van der Waals surface area contributed by atoms with Crippen LogP contribution in [0.1, 0.15) is 52.4 Å². The molecule has 0 radical (unpaired) electrons. The van der Waals surface area contributed by atoms with Crippen LogP contribution in [0.5, 0.6) is 0 Å². The van der Waals surface area contributed by atoms with E-state index in [4.69, 9.17) is 14.2 Å². The Kier molecular flexibility index (Phi) is 8.88. The fourth-order valence-electron chi connectivity index (χ4n) is 2.57. The van der Waals surface area contributed by atoms with Gasteiger partial charge in [0.15, 0.2) is 0 Å². The molecule has 0 spiro atoms. The van der Waals surface area contributed by atoms with Gasteiger partial charge in [-0.25, -0.2) is 0 Å². The molecule has 1 fully saturated rings. The van der Waals surface area contributed by atoms with Gasteiger partial charge in [-0.3, -0.25) is 4.79 Å². The lowest BCUT2D eigenvalue weighted by Gasteiger charge is -2.28. The predicted molar refractivity (Wildman–Crippen MR) is 82.4 cm³/mol. The molecule has 1 rings (SSSR count). The van der Waals surface area contributed by atoms with Crippen LogP contribution in [0.4, 0.5) is 0 Å². The summed E-state index contributed by atoms with van der Waals surface area (Å²) < 4.78 is 16.2. The maximum atomic E-state index is 11.9. The van der Waals surface area contributed by atoms with Crippen LogP contribution in [0.3, 0.4) is 0 Å². The Morgan fingerprint density at radius 1 is 1.43 bits per heavy atom. The van der Waals surface area contributed by atoms with Gasteiger partial charge in [-0.05, 0) is 52.0 Å². The smallest absolute Gasteiger partial charge is 0.325 e. The summed E-state index contributed by atoms with van der Waals surface area (Å²) in [6.45, 7) is 6.96. The van der Waals surface area contributed by atoms with Crippen LogP contribution >= 0.6 is 0 Å². The Hall–Kier alpha value is -0.650. The van der Waals surface area contributed by atoms with Crippen LogP contribution in [0.2, 0.25) is 0 Å². The standard InChI is InChI=1S/C16H31NO4/c1-4-10-17-16(2,15(18)19-3)9-7-11-20-13-14-8-5-6-12-21-14/h14,17H,4-13H2,1-3H3. The molecule has 1 heterocycles. The van der Waals surface area contributed by atoms with Gasteiger partial charge < -0.3 is 19.5 Å². The highest BCUT2D eigenvalue weighted by Gasteiger charge is 2.32. The summed E-state index contributed by atoms with van der Waals surface area (Å²) in [6, 6.07) is 0. The molecule has 1 aliphatic heterocycles. The van der Waals surface area contributed by atoms with Crippen molar-refractivity contribution in [1.29, 1.82) is 0 Å². The highest BCUT2D eigenvalue weighted by molar-refractivity contribution is 5.80. The van der Waals surface area contributed by atoms with E-state index in [-0.39, 0.29) is 12.1 Å². The maximum Gasteiger partial charge on any atom is 0.325 e. The number of carbonyl (C=O) groups excluding carboxylic acids is 1. The molecule has 0 saturated carbocycles. The molecule has 1 saturated heterocycles. The average Bonchev–Trinajstić information content (AvgIpc) is 2.52. The van der Waals surface area contributed by atoms with Crippen LogP contribution in [0.25, 0.3) is 0 Å². The van der Waals surface area contributed by atoms with E-state index in [0.29, 0.717) is 19.6 Å². The highest BCUT2D eigenvalue weighted by atomic mass is 16.5. The molecular formula is C16H31NO4. The van der Waals surface area contributed by atoms with E-state index < -0.39 is 5.54 Å². The Morgan fingerprint density at radius 2 is 2.24 bits per heavy atom. The molecule has 21 heavy (non-hydrogen) atoms. The normalized spacial score (nSPS) is 21.8. The monoisotopic (exact) mass is 301 g/mol. The summed E-state index contributed by atoms with van der Waals surface area (Å²) in [5, 5.41) is 3.28. The summed E-state index contributed by atoms with van der Waals surface area (Å²) in [6.07, 6.45) is 6.27. The van der Waals surface area contributed by atoms with Crippen LogP contribution in [0.15, 0.2) is 0 Å². The van der Waals surface area contributed by atoms with Gasteiger partial charge >= 0.3 is 5.97 Å². The van der Waals surface area contributed by atoms with Crippen molar-refractivity contribution in [3.05, 3.63) is 0 Å². The Bertz CT molecular complexity index is 292. The molecule has 0 bridgehead atoms. The van der Waals surface area contributed by atoms with E-state index in [0.717, 1.165) is 38.8 Å². The fraction of sp³-hybridized carbons (Fsp3) is 0.938. The predicted octanol–water partition coefficient (Wildman–Crippen LogP) is 2.28. The number of hydrogen-bond acceptors (Lipinski definition) is 5. The number of esters is 1. The molecule has 0 aromatic heterocycles. The van der Waals surface area contributed by atoms with Crippen LogP contribution < -0.4 is 5.32 Å². The largest absolute Gasteiger partial charge is 0.468 e. The van der Waals surface area contributed by atoms with Crippen LogP contribution in [-0.2, 0) is 19.0 Å². The second kappa shape index (κ2) is 10.1. The topological polar surface area (TPSA) is 56.8 Å². The van der Waals surface area contributed by atoms with Crippen molar-refractivity contribution in [2.75, 3.05) is 33.5 Å². The lowest BCUT2D eigenvalue weighted by atomic mass is 9.96. The fourth-order valence-corrected chi connectivity index (χ4v) is 2.57. The van der Waals surface area contributed by atoms with Gasteiger partial charge in [0.2, 0.25) is 0 Å². The lowest BCUT2D eigenvalue weighted by Crippen LogP contribution is -2.50. The van der Waals surface area contributed by atoms with Crippen molar-refractivity contribution in [3.63, 3.8) is 0 Å². The lowest BCUT2D eigenvalue weighted by molar-refractivity contribution is -0.148. The zero-order chi connectivity index (χ0) is 15.6. The van der Waals surface area contributed by atoms with Crippen molar-refractivity contribution < 1.29 is 19.0 Å². The average molecular weight is 301 g/mol. The molecule has 1 N–H and O–H groups in total. The first-order chi connectivity index (χ1) is 10.1. The molecule has 124 valence electrons. The van der Waals surface area contributed by atoms with E-state index in [2.05, 4.69) is 12.2 Å². The molecule has 5 nitrogen and oxygen atoms in total. The third kappa shape index (κ3) is 6.76. The molecule has 1 aliphatic rings. The first-order valence-corrected chi connectivity index (χ1v) is 8.15. The maximum absolute atomic E-state index is 11.9. The van der Waals surface area contributed by atoms with Crippen molar-refractivity contribution in [2.24, 2.45) is 0 Å². The third-order valence-corrected chi connectivity index (χ3v) is 3.94. The molecular weight excluding hydrogens is 270 g/mol. The molecule has 0 amide bonds. The van der Waals surface area contributed by atoms with Crippen molar-refractivity contribution in [2.45, 2.75) is 64.0 Å². The number of ether oxygens (including phenoxy) is 3. The van der Waals surface area contributed by atoms with E-state index in [1.807, 2.05) is 6.92 Å². The quantitative estimate of drug-likeness (QED) is 0.495. The molecule has 5 heteroatoms. The minimum absolute atomic E-state index is 0.202. The summed E-state index contributed by atoms with van der Waals surface area (Å²) in [5.41, 5.74) is -0.616. The van der Waals surface area contributed by atoms with E-state index in [9.17, 15) is 4.79 Å². The number of methoxy groups -OCH3 is 1. The summed E-state index contributed by atoms with van der Waals surface area (Å²) in [5.74, 6) is -0.202. The van der Waals surface area contributed by atoms with Crippen LogP contribution in [-0.4, -0.2) is 51.1 Å². The summed E-state index contributed by atoms with van der Waals surface area (Å²) in [4.78, 5) is 11.9. The second-order valence-corrected chi connectivity index (χ2v) is 5.92. The van der Waals surface area contributed by atoms with Crippen molar-refractivity contribution >= 4 is 5.97 Å². The van der Waals surface area contributed by atoms with Crippen molar-refractivity contribution in [3.8, 4) is 0 Å². The second-order valence-electron chi connectivity index (χ2n) is 5.92. The number of hydrogen-bond donors (Lipinski definition) is 1. The van der Waals surface area contributed by atoms with Gasteiger partial charge in [0.05, 0.1) is 19.8 Å². The van der Waals surface area contributed by atoms with Gasteiger partial charge in [0.25, 0.3) is 0 Å². The zero-order valence-electron chi connectivity index (χ0n) is 13.8. The SMILES string of the molecule is CCCNC(C)(CCCOCC1CCCCO1)C(=O)OC. The molecule has 0 aromatic carbocycles. The van der Waals surface area contributed by atoms with Gasteiger partial charge in [0.1, 0.15) is 5.54 Å². The molecule has 2 unspecified atom stereocenters. The van der Waals surface area contributed by atoms with Crippen LogP contribution in [0, 0.1) is 0 Å². The Balaban J connectivity index is 2.21. The van der Waals surface area contributed by atoms with E-state index in [1.165, 1.54) is 13.5 Å². The van der Waals surface area contributed by atoms with E-state index in [1.54, 1.807) is 0 Å². The number of rotatable bonds is 10. The molecule has 0 aromatic rings. The first kappa shape index (κ1) is 18.4. The molecule has 2 atom stereocenters. The Morgan fingerprint density at radius 3 is 2.86 bits per heavy atom. The number of nitrogens with one attached hydrogen (secondary N) is 1. The zero-order valence-corrected chi connectivity index (χ0v) is 13.8. The van der Waals surface area contributed by atoms with Gasteiger partial charge in [-0.15, -0.1) is 0 Å². The van der Waals surface area contributed by atoms with E-state index >= 15 is 0 Å². The number of carbonyl (C=O) groups is 1.